The van der Waals surface area contributed by atoms with Gasteiger partial charge >= 0.3 is 5.69 Å². The summed E-state index contributed by atoms with van der Waals surface area (Å²) in [5.41, 5.74) is 0.934. The minimum atomic E-state index is -0.565. The molecule has 0 fully saturated rings. The van der Waals surface area contributed by atoms with Crippen LogP contribution in [0.25, 0.3) is 0 Å². The molecule has 0 bridgehead atoms. The molecule has 2 aromatic rings. The predicted molar refractivity (Wildman–Crippen MR) is 70.3 cm³/mol. The van der Waals surface area contributed by atoms with Gasteiger partial charge in [0, 0.05) is 11.8 Å². The van der Waals surface area contributed by atoms with Crippen molar-refractivity contribution >= 4 is 28.8 Å². The number of nitro groups is 1. The van der Waals surface area contributed by atoms with Crippen molar-refractivity contribution in [2.75, 3.05) is 5.32 Å². The number of rotatable bonds is 3. The van der Waals surface area contributed by atoms with Crippen LogP contribution < -0.4 is 5.32 Å². The van der Waals surface area contributed by atoms with Crippen molar-refractivity contribution in [3.8, 4) is 0 Å². The first-order chi connectivity index (χ1) is 8.97. The van der Waals surface area contributed by atoms with E-state index in [1.165, 1.54) is 30.3 Å². The van der Waals surface area contributed by atoms with E-state index in [9.17, 15) is 14.5 Å². The smallest absolute Gasteiger partial charge is 0.311 e. The van der Waals surface area contributed by atoms with E-state index in [0.717, 1.165) is 0 Å². The van der Waals surface area contributed by atoms with Crippen molar-refractivity contribution in [1.82, 2.24) is 4.98 Å². The molecular formula is C12H9ClFN3O2. The quantitative estimate of drug-likeness (QED) is 0.527. The highest BCUT2D eigenvalue weighted by Crippen LogP contribution is 2.28. The van der Waals surface area contributed by atoms with Crippen LogP contribution in [0.1, 0.15) is 5.56 Å². The zero-order valence-electron chi connectivity index (χ0n) is 9.85. The number of hydrogen-bond donors (Lipinski definition) is 1. The minimum Gasteiger partial charge on any atom is -0.334 e. The van der Waals surface area contributed by atoms with Crippen LogP contribution in [-0.2, 0) is 0 Å². The van der Waals surface area contributed by atoms with Crippen LogP contribution in [-0.4, -0.2) is 9.91 Å². The number of aryl methyl sites for hydroxylation is 1. The van der Waals surface area contributed by atoms with E-state index >= 15 is 0 Å². The third-order valence-electron chi connectivity index (χ3n) is 2.48. The van der Waals surface area contributed by atoms with Gasteiger partial charge in [0.1, 0.15) is 11.0 Å². The molecule has 5 nitrogen and oxygen atoms in total. The monoisotopic (exact) mass is 281 g/mol. The van der Waals surface area contributed by atoms with Gasteiger partial charge in [0.15, 0.2) is 0 Å². The van der Waals surface area contributed by atoms with Crippen LogP contribution in [0.15, 0.2) is 30.3 Å². The summed E-state index contributed by atoms with van der Waals surface area (Å²) in [5.74, 6) is -0.358. The Bertz CT molecular complexity index is 649. The molecule has 1 N–H and O–H groups in total. The Balaban J connectivity index is 2.42. The molecule has 1 aromatic carbocycles. The first kappa shape index (κ1) is 13.2. The van der Waals surface area contributed by atoms with Gasteiger partial charge in [-0.15, -0.1) is 0 Å². The van der Waals surface area contributed by atoms with Gasteiger partial charge in [0.05, 0.1) is 4.92 Å². The lowest BCUT2D eigenvalue weighted by Crippen LogP contribution is -2.01. The molecule has 0 saturated carbocycles. The second-order valence-electron chi connectivity index (χ2n) is 3.84. The second kappa shape index (κ2) is 5.19. The van der Waals surface area contributed by atoms with Gasteiger partial charge in [-0.05, 0) is 36.8 Å². The standard InChI is InChI=1S/C12H9ClFN3O2/c1-7-6-8(14)2-3-9(7)15-12-10(17(18)19)4-5-11(13)16-12/h2-6H,1H3,(H,15,16). The second-order valence-corrected chi connectivity index (χ2v) is 4.23. The van der Waals surface area contributed by atoms with Crippen LogP contribution in [0.5, 0.6) is 0 Å². The molecule has 0 radical (unpaired) electrons. The summed E-state index contributed by atoms with van der Waals surface area (Å²) in [6.07, 6.45) is 0. The van der Waals surface area contributed by atoms with E-state index in [2.05, 4.69) is 10.3 Å². The number of anilines is 2. The number of halogens is 2. The summed E-state index contributed by atoms with van der Waals surface area (Å²) >= 11 is 5.72. The molecule has 0 amide bonds. The van der Waals surface area contributed by atoms with Crippen molar-refractivity contribution in [1.29, 1.82) is 0 Å². The maximum Gasteiger partial charge on any atom is 0.311 e. The van der Waals surface area contributed by atoms with Crippen molar-refractivity contribution in [3.63, 3.8) is 0 Å². The molecule has 19 heavy (non-hydrogen) atoms. The minimum absolute atomic E-state index is 0.0206. The highest BCUT2D eigenvalue weighted by molar-refractivity contribution is 6.29. The van der Waals surface area contributed by atoms with Gasteiger partial charge in [-0.3, -0.25) is 10.1 Å². The zero-order chi connectivity index (χ0) is 14.0. The molecule has 0 atom stereocenters. The number of aromatic nitrogens is 1. The fourth-order valence-corrected chi connectivity index (χ4v) is 1.71. The molecule has 0 unspecified atom stereocenters. The van der Waals surface area contributed by atoms with Gasteiger partial charge in [0.2, 0.25) is 5.82 Å². The Morgan fingerprint density at radius 3 is 2.74 bits per heavy atom. The van der Waals surface area contributed by atoms with E-state index in [1.807, 2.05) is 0 Å². The number of pyridine rings is 1. The van der Waals surface area contributed by atoms with E-state index in [1.54, 1.807) is 6.92 Å². The van der Waals surface area contributed by atoms with Crippen molar-refractivity contribution in [2.45, 2.75) is 6.92 Å². The third-order valence-corrected chi connectivity index (χ3v) is 2.69. The summed E-state index contributed by atoms with van der Waals surface area (Å²) in [4.78, 5) is 14.2. The van der Waals surface area contributed by atoms with Crippen LogP contribution in [0.3, 0.4) is 0 Å². The van der Waals surface area contributed by atoms with Crippen LogP contribution in [0.2, 0.25) is 5.15 Å². The maximum absolute atomic E-state index is 13.0. The third kappa shape index (κ3) is 2.97. The van der Waals surface area contributed by atoms with E-state index < -0.39 is 4.92 Å². The summed E-state index contributed by atoms with van der Waals surface area (Å²) in [6, 6.07) is 6.65. The molecule has 2 rings (SSSR count). The molecule has 0 aliphatic rings. The molecule has 98 valence electrons. The van der Waals surface area contributed by atoms with Crippen molar-refractivity contribution in [2.24, 2.45) is 0 Å². The highest BCUT2D eigenvalue weighted by atomic mass is 35.5. The topological polar surface area (TPSA) is 68.1 Å². The molecule has 0 saturated heterocycles. The molecule has 0 aliphatic heterocycles. The SMILES string of the molecule is Cc1cc(F)ccc1Nc1nc(Cl)ccc1[N+](=O)[O-]. The molecule has 0 aliphatic carbocycles. The van der Waals surface area contributed by atoms with Crippen molar-refractivity contribution in [3.05, 3.63) is 57.0 Å². The lowest BCUT2D eigenvalue weighted by molar-refractivity contribution is -0.384. The van der Waals surface area contributed by atoms with Gasteiger partial charge in [0.25, 0.3) is 0 Å². The summed E-state index contributed by atoms with van der Waals surface area (Å²) in [5, 5.41) is 13.8. The van der Waals surface area contributed by atoms with E-state index in [-0.39, 0.29) is 22.5 Å². The number of hydrogen-bond acceptors (Lipinski definition) is 4. The first-order valence-corrected chi connectivity index (χ1v) is 5.69. The first-order valence-electron chi connectivity index (χ1n) is 5.31. The van der Waals surface area contributed by atoms with Gasteiger partial charge in [-0.1, -0.05) is 11.6 Å². The Hall–Kier alpha value is -2.21. The molecule has 0 spiro atoms. The average molecular weight is 282 g/mol. The molecule has 1 aromatic heterocycles. The highest BCUT2D eigenvalue weighted by Gasteiger charge is 2.16. The number of nitrogens with one attached hydrogen (secondary N) is 1. The summed E-state index contributed by atoms with van der Waals surface area (Å²) in [6.45, 7) is 1.68. The Morgan fingerprint density at radius 2 is 2.11 bits per heavy atom. The fourth-order valence-electron chi connectivity index (χ4n) is 1.56. The zero-order valence-corrected chi connectivity index (χ0v) is 10.6. The predicted octanol–water partition coefficient (Wildman–Crippen LogP) is 3.83. The van der Waals surface area contributed by atoms with Gasteiger partial charge in [-0.2, -0.15) is 0 Å². The number of nitrogens with zero attached hydrogens (tertiary/aromatic N) is 2. The van der Waals surface area contributed by atoms with E-state index in [4.69, 9.17) is 11.6 Å². The lowest BCUT2D eigenvalue weighted by Gasteiger charge is -2.09. The maximum atomic E-state index is 13.0. The average Bonchev–Trinajstić information content (AvgIpc) is 2.32. The van der Waals surface area contributed by atoms with Gasteiger partial charge in [-0.25, -0.2) is 9.37 Å². The molecule has 7 heteroatoms. The Kier molecular flexibility index (Phi) is 3.62. The van der Waals surface area contributed by atoms with Crippen LogP contribution >= 0.6 is 11.6 Å². The largest absolute Gasteiger partial charge is 0.334 e. The Morgan fingerprint density at radius 1 is 1.37 bits per heavy atom. The van der Waals surface area contributed by atoms with E-state index in [0.29, 0.717) is 11.3 Å². The fraction of sp³-hybridized carbons (Fsp3) is 0.0833. The lowest BCUT2D eigenvalue weighted by atomic mass is 10.2. The summed E-state index contributed by atoms with van der Waals surface area (Å²) < 4.78 is 13.0. The summed E-state index contributed by atoms with van der Waals surface area (Å²) in [7, 11) is 0. The van der Waals surface area contributed by atoms with Crippen molar-refractivity contribution < 1.29 is 9.31 Å². The van der Waals surface area contributed by atoms with Gasteiger partial charge < -0.3 is 5.32 Å². The molecular weight excluding hydrogens is 273 g/mol. The van der Waals surface area contributed by atoms with Crippen LogP contribution in [0, 0.1) is 22.9 Å². The Labute approximate surface area is 113 Å². The normalized spacial score (nSPS) is 10.3. The van der Waals surface area contributed by atoms with Crippen LogP contribution in [0.4, 0.5) is 21.6 Å². The number of benzene rings is 1. The molecule has 1 heterocycles.